The predicted octanol–water partition coefficient (Wildman–Crippen LogP) is 1.98. The Morgan fingerprint density at radius 1 is 1.37 bits per heavy atom. The van der Waals surface area contributed by atoms with E-state index in [1.54, 1.807) is 12.1 Å². The third kappa shape index (κ3) is 2.66. The molecule has 1 heterocycles. The summed E-state index contributed by atoms with van der Waals surface area (Å²) in [5.41, 5.74) is 0.806. The van der Waals surface area contributed by atoms with Crippen molar-refractivity contribution in [2.45, 2.75) is 6.92 Å². The average Bonchev–Trinajstić information content (AvgIpc) is 2.41. The largest absolute Gasteiger partial charge is 0.464 e. The molecule has 0 amide bonds. The van der Waals surface area contributed by atoms with Gasteiger partial charge in [-0.3, -0.25) is 4.79 Å². The van der Waals surface area contributed by atoms with Crippen LogP contribution < -0.4 is 5.43 Å². The minimum Gasteiger partial charge on any atom is -0.464 e. The van der Waals surface area contributed by atoms with Crippen LogP contribution in [0.15, 0.2) is 35.3 Å². The summed E-state index contributed by atoms with van der Waals surface area (Å²) in [4.78, 5) is 23.0. The summed E-state index contributed by atoms with van der Waals surface area (Å²) in [7, 11) is 1.19. The fourth-order valence-corrected chi connectivity index (χ4v) is 1.78. The van der Waals surface area contributed by atoms with Gasteiger partial charge < -0.3 is 4.74 Å². The first kappa shape index (κ1) is 13.3. The van der Waals surface area contributed by atoms with Crippen molar-refractivity contribution in [1.29, 1.82) is 0 Å². The minimum atomic E-state index is -0.775. The number of nitrogens with zero attached hydrogens (tertiary/aromatic N) is 2. The summed E-state index contributed by atoms with van der Waals surface area (Å²) in [6.07, 6.45) is 1.45. The van der Waals surface area contributed by atoms with Gasteiger partial charge in [0, 0.05) is 12.3 Å². The van der Waals surface area contributed by atoms with Crippen molar-refractivity contribution in [3.8, 4) is 5.69 Å². The highest BCUT2D eigenvalue weighted by Crippen LogP contribution is 2.20. The number of methoxy groups -OCH3 is 1. The van der Waals surface area contributed by atoms with E-state index < -0.39 is 11.4 Å². The minimum absolute atomic E-state index is 0.275. The normalized spacial score (nSPS) is 10.3. The van der Waals surface area contributed by atoms with Gasteiger partial charge >= 0.3 is 5.97 Å². The molecule has 0 fully saturated rings. The van der Waals surface area contributed by atoms with E-state index in [0.717, 1.165) is 5.56 Å². The number of hydrogen-bond donors (Lipinski definition) is 0. The van der Waals surface area contributed by atoms with Crippen LogP contribution >= 0.6 is 11.6 Å². The molecule has 5 nitrogen and oxygen atoms in total. The fraction of sp³-hybridized carbons (Fsp3) is 0.154. The molecule has 98 valence electrons. The monoisotopic (exact) mass is 278 g/mol. The van der Waals surface area contributed by atoms with Crippen LogP contribution in [-0.2, 0) is 4.74 Å². The second-order valence-corrected chi connectivity index (χ2v) is 4.33. The molecule has 0 bridgehead atoms. The Kier molecular flexibility index (Phi) is 3.66. The molecule has 2 aromatic rings. The lowest BCUT2D eigenvalue weighted by Crippen LogP contribution is -2.21. The smallest absolute Gasteiger partial charge is 0.362 e. The van der Waals surface area contributed by atoms with Gasteiger partial charge in [-0.1, -0.05) is 17.7 Å². The summed E-state index contributed by atoms with van der Waals surface area (Å²) in [5.74, 6) is -0.775. The van der Waals surface area contributed by atoms with Crippen LogP contribution in [0.4, 0.5) is 0 Å². The van der Waals surface area contributed by atoms with E-state index in [2.05, 4.69) is 9.84 Å². The molecule has 0 aliphatic heterocycles. The fourth-order valence-electron chi connectivity index (χ4n) is 1.58. The zero-order valence-corrected chi connectivity index (χ0v) is 11.1. The van der Waals surface area contributed by atoms with Gasteiger partial charge in [-0.05, 0) is 24.6 Å². The molecule has 0 unspecified atom stereocenters. The molecule has 1 aromatic carbocycles. The third-order valence-corrected chi connectivity index (χ3v) is 2.86. The number of rotatable bonds is 2. The van der Waals surface area contributed by atoms with E-state index >= 15 is 0 Å². The van der Waals surface area contributed by atoms with Gasteiger partial charge in [-0.15, -0.1) is 0 Å². The van der Waals surface area contributed by atoms with Gasteiger partial charge in [0.2, 0.25) is 11.1 Å². The van der Waals surface area contributed by atoms with E-state index in [-0.39, 0.29) is 5.69 Å². The number of hydrogen-bond acceptors (Lipinski definition) is 4. The summed E-state index contributed by atoms with van der Waals surface area (Å²) >= 11 is 6.08. The maximum absolute atomic E-state index is 11.5. The van der Waals surface area contributed by atoms with Crippen LogP contribution in [0.1, 0.15) is 16.1 Å². The SMILES string of the molecule is COC(=O)c1nn(-c2cc(C)ccc2Cl)ccc1=O. The Morgan fingerprint density at radius 2 is 2.11 bits per heavy atom. The molecule has 0 aliphatic rings. The summed E-state index contributed by atoms with van der Waals surface area (Å²) in [6.45, 7) is 1.91. The third-order valence-electron chi connectivity index (χ3n) is 2.54. The molecule has 0 saturated carbocycles. The van der Waals surface area contributed by atoms with Gasteiger partial charge in [-0.25, -0.2) is 9.48 Å². The number of aromatic nitrogens is 2. The predicted molar refractivity (Wildman–Crippen MR) is 70.9 cm³/mol. The lowest BCUT2D eigenvalue weighted by atomic mass is 10.2. The van der Waals surface area contributed by atoms with Crippen LogP contribution in [-0.4, -0.2) is 22.9 Å². The first-order chi connectivity index (χ1) is 9.02. The maximum atomic E-state index is 11.5. The molecule has 0 aliphatic carbocycles. The van der Waals surface area contributed by atoms with Gasteiger partial charge in [0.15, 0.2) is 0 Å². The van der Waals surface area contributed by atoms with E-state index in [1.807, 2.05) is 13.0 Å². The summed E-state index contributed by atoms with van der Waals surface area (Å²) in [6, 6.07) is 6.64. The first-order valence-corrected chi connectivity index (χ1v) is 5.85. The lowest BCUT2D eigenvalue weighted by Gasteiger charge is -2.09. The molecule has 1 aromatic heterocycles. The van der Waals surface area contributed by atoms with Crippen molar-refractivity contribution < 1.29 is 9.53 Å². The molecular weight excluding hydrogens is 268 g/mol. The van der Waals surface area contributed by atoms with Crippen molar-refractivity contribution in [3.63, 3.8) is 0 Å². The zero-order valence-electron chi connectivity index (χ0n) is 10.4. The maximum Gasteiger partial charge on any atom is 0.362 e. The molecule has 0 atom stereocenters. The summed E-state index contributed by atoms with van der Waals surface area (Å²) < 4.78 is 5.89. The second kappa shape index (κ2) is 5.24. The molecule has 6 heteroatoms. The molecular formula is C13H11ClN2O3. The van der Waals surface area contributed by atoms with Crippen molar-refractivity contribution in [2.24, 2.45) is 0 Å². The number of ether oxygens (including phenoxy) is 1. The quantitative estimate of drug-likeness (QED) is 0.788. The highest BCUT2D eigenvalue weighted by Gasteiger charge is 2.14. The Labute approximate surface area is 114 Å². The van der Waals surface area contributed by atoms with Crippen molar-refractivity contribution in [1.82, 2.24) is 9.78 Å². The van der Waals surface area contributed by atoms with Crippen LogP contribution in [0.25, 0.3) is 5.69 Å². The van der Waals surface area contributed by atoms with Crippen LogP contribution in [0.5, 0.6) is 0 Å². The topological polar surface area (TPSA) is 61.2 Å². The van der Waals surface area contributed by atoms with Gasteiger partial charge in [0.05, 0.1) is 17.8 Å². The Bertz CT molecular complexity index is 695. The molecule has 0 N–H and O–H groups in total. The number of esters is 1. The highest BCUT2D eigenvalue weighted by atomic mass is 35.5. The Hall–Kier alpha value is -2.14. The van der Waals surface area contributed by atoms with E-state index in [1.165, 1.54) is 24.1 Å². The van der Waals surface area contributed by atoms with Crippen molar-refractivity contribution >= 4 is 17.6 Å². The molecule has 0 spiro atoms. The van der Waals surface area contributed by atoms with Crippen LogP contribution in [0.2, 0.25) is 5.02 Å². The number of aryl methyl sites for hydroxylation is 1. The van der Waals surface area contributed by atoms with Crippen molar-refractivity contribution in [3.05, 3.63) is 57.0 Å². The van der Waals surface area contributed by atoms with E-state index in [0.29, 0.717) is 10.7 Å². The number of benzene rings is 1. The molecule has 2 rings (SSSR count). The van der Waals surface area contributed by atoms with E-state index in [9.17, 15) is 9.59 Å². The van der Waals surface area contributed by atoms with Gasteiger partial charge in [0.1, 0.15) is 0 Å². The number of carbonyl (C=O) groups excluding carboxylic acids is 1. The average molecular weight is 279 g/mol. The lowest BCUT2D eigenvalue weighted by molar-refractivity contribution is 0.0590. The van der Waals surface area contributed by atoms with Crippen molar-refractivity contribution in [2.75, 3.05) is 7.11 Å². The first-order valence-electron chi connectivity index (χ1n) is 5.48. The van der Waals surface area contributed by atoms with Crippen LogP contribution in [0, 0.1) is 6.92 Å². The zero-order chi connectivity index (χ0) is 14.0. The standard InChI is InChI=1S/C13H11ClN2O3/c1-8-3-4-9(14)10(7-8)16-6-5-11(17)12(15-16)13(18)19-2/h3-7H,1-2H3. The van der Waals surface area contributed by atoms with E-state index in [4.69, 9.17) is 11.6 Å². The highest BCUT2D eigenvalue weighted by molar-refractivity contribution is 6.32. The number of halogens is 1. The summed E-state index contributed by atoms with van der Waals surface area (Å²) in [5, 5.41) is 4.43. The molecule has 0 saturated heterocycles. The Balaban J connectivity index is 2.61. The van der Waals surface area contributed by atoms with Crippen LogP contribution in [0.3, 0.4) is 0 Å². The van der Waals surface area contributed by atoms with Gasteiger partial charge in [0.25, 0.3) is 0 Å². The Morgan fingerprint density at radius 3 is 2.79 bits per heavy atom. The molecule has 0 radical (unpaired) electrons. The second-order valence-electron chi connectivity index (χ2n) is 3.92. The van der Waals surface area contributed by atoms with Gasteiger partial charge in [-0.2, -0.15) is 5.10 Å². The number of carbonyl (C=O) groups is 1. The molecule has 19 heavy (non-hydrogen) atoms.